The van der Waals surface area contributed by atoms with Crippen LogP contribution < -0.4 is 5.32 Å². The SMILES string of the molecule is CC(=O)NC(C(COCC1C(C(=O)O)OC(O)C(O)C1O)OC(C)CO)C(CC(C)C)C(C)O. The fourth-order valence-electron chi connectivity index (χ4n) is 4.15. The lowest BCUT2D eigenvalue weighted by Gasteiger charge is -2.40. The Bertz CT molecular complexity index is 632. The Morgan fingerprint density at radius 2 is 1.71 bits per heavy atom. The molecule has 1 saturated heterocycles. The number of aliphatic hydroxyl groups is 5. The van der Waals surface area contributed by atoms with Gasteiger partial charge >= 0.3 is 5.97 Å². The second-order valence-corrected chi connectivity index (χ2v) is 9.40. The van der Waals surface area contributed by atoms with Crippen molar-refractivity contribution in [1.82, 2.24) is 5.32 Å². The zero-order valence-electron chi connectivity index (χ0n) is 20.4. The van der Waals surface area contributed by atoms with Crippen LogP contribution in [0, 0.1) is 17.8 Å². The summed E-state index contributed by atoms with van der Waals surface area (Å²) < 4.78 is 16.5. The summed E-state index contributed by atoms with van der Waals surface area (Å²) in [6.45, 7) is 7.63. The molecule has 34 heavy (non-hydrogen) atoms. The second-order valence-electron chi connectivity index (χ2n) is 9.40. The van der Waals surface area contributed by atoms with Gasteiger partial charge in [-0.25, -0.2) is 4.79 Å². The van der Waals surface area contributed by atoms with Crippen LogP contribution in [0.15, 0.2) is 0 Å². The highest BCUT2D eigenvalue weighted by Crippen LogP contribution is 2.27. The quantitative estimate of drug-likeness (QED) is 0.147. The summed E-state index contributed by atoms with van der Waals surface area (Å²) in [4.78, 5) is 23.5. The maximum absolute atomic E-state index is 12.0. The summed E-state index contributed by atoms with van der Waals surface area (Å²) in [5.74, 6) is -3.23. The van der Waals surface area contributed by atoms with Crippen molar-refractivity contribution in [2.75, 3.05) is 19.8 Å². The molecule has 1 aliphatic heterocycles. The fraction of sp³-hybridized carbons (Fsp3) is 0.909. The molecular weight excluding hydrogens is 454 g/mol. The molecule has 1 rings (SSSR count). The van der Waals surface area contributed by atoms with Gasteiger partial charge in [0.2, 0.25) is 5.91 Å². The Balaban J connectivity index is 3.10. The molecule has 0 radical (unpaired) electrons. The lowest BCUT2D eigenvalue weighted by Crippen LogP contribution is -2.58. The number of carboxylic acids is 1. The molecule has 1 amide bonds. The third-order valence-electron chi connectivity index (χ3n) is 5.85. The van der Waals surface area contributed by atoms with E-state index in [9.17, 15) is 40.2 Å². The van der Waals surface area contributed by atoms with Crippen LogP contribution >= 0.6 is 0 Å². The molecule has 0 bridgehead atoms. The average Bonchev–Trinajstić information content (AvgIpc) is 2.74. The molecule has 0 saturated carbocycles. The van der Waals surface area contributed by atoms with E-state index < -0.39 is 66.8 Å². The Labute approximate surface area is 199 Å². The van der Waals surface area contributed by atoms with Crippen molar-refractivity contribution in [2.45, 2.75) is 90.0 Å². The highest BCUT2D eigenvalue weighted by molar-refractivity contribution is 5.73. The fourth-order valence-corrected chi connectivity index (χ4v) is 4.15. The normalized spacial score (nSPS) is 29.8. The summed E-state index contributed by atoms with van der Waals surface area (Å²) in [5, 5.41) is 61.9. The summed E-state index contributed by atoms with van der Waals surface area (Å²) in [7, 11) is 0. The zero-order valence-corrected chi connectivity index (χ0v) is 20.4. The lowest BCUT2D eigenvalue weighted by molar-refractivity contribution is -0.273. The summed E-state index contributed by atoms with van der Waals surface area (Å²) in [6.07, 6.45) is -8.56. The van der Waals surface area contributed by atoms with E-state index in [0.29, 0.717) is 6.42 Å². The first-order valence-corrected chi connectivity index (χ1v) is 11.5. The molecule has 10 atom stereocenters. The molecule has 0 aromatic rings. The van der Waals surface area contributed by atoms with Crippen LogP contribution in [0.25, 0.3) is 0 Å². The van der Waals surface area contributed by atoms with E-state index in [-0.39, 0.29) is 31.6 Å². The number of rotatable bonds is 14. The Morgan fingerprint density at radius 3 is 2.18 bits per heavy atom. The van der Waals surface area contributed by atoms with Crippen molar-refractivity contribution in [1.29, 1.82) is 0 Å². The van der Waals surface area contributed by atoms with Crippen molar-refractivity contribution in [2.24, 2.45) is 17.8 Å². The first-order chi connectivity index (χ1) is 15.8. The van der Waals surface area contributed by atoms with E-state index in [1.54, 1.807) is 13.8 Å². The number of hydrogen-bond acceptors (Lipinski definition) is 10. The van der Waals surface area contributed by atoms with E-state index >= 15 is 0 Å². The number of aliphatic carboxylic acids is 1. The predicted octanol–water partition coefficient (Wildman–Crippen LogP) is -1.54. The van der Waals surface area contributed by atoms with Crippen LogP contribution in [0.4, 0.5) is 0 Å². The van der Waals surface area contributed by atoms with Gasteiger partial charge in [0, 0.05) is 18.8 Å². The molecule has 0 aromatic heterocycles. The average molecular weight is 496 g/mol. The van der Waals surface area contributed by atoms with Crippen molar-refractivity contribution in [3.8, 4) is 0 Å². The van der Waals surface area contributed by atoms with Crippen LogP contribution in [0.5, 0.6) is 0 Å². The molecule has 1 aliphatic rings. The number of carbonyl (C=O) groups excluding carboxylic acids is 1. The van der Waals surface area contributed by atoms with E-state index in [0.717, 1.165) is 0 Å². The number of carbonyl (C=O) groups is 2. The van der Waals surface area contributed by atoms with Crippen LogP contribution in [0.1, 0.15) is 41.0 Å². The minimum Gasteiger partial charge on any atom is -0.479 e. The van der Waals surface area contributed by atoms with Gasteiger partial charge in [0.25, 0.3) is 0 Å². The Hall–Kier alpha value is -1.38. The smallest absolute Gasteiger partial charge is 0.333 e. The van der Waals surface area contributed by atoms with Crippen LogP contribution in [0.2, 0.25) is 0 Å². The summed E-state index contributed by atoms with van der Waals surface area (Å²) in [5.41, 5.74) is 0. The molecule has 7 N–H and O–H groups in total. The lowest BCUT2D eigenvalue weighted by atomic mass is 9.83. The van der Waals surface area contributed by atoms with Gasteiger partial charge in [0.1, 0.15) is 12.2 Å². The monoisotopic (exact) mass is 495 g/mol. The van der Waals surface area contributed by atoms with Crippen molar-refractivity contribution >= 4 is 11.9 Å². The molecule has 1 heterocycles. The zero-order chi connectivity index (χ0) is 26.2. The van der Waals surface area contributed by atoms with Gasteiger partial charge in [0.05, 0.1) is 44.2 Å². The highest BCUT2D eigenvalue weighted by Gasteiger charge is 2.47. The van der Waals surface area contributed by atoms with Gasteiger partial charge in [-0.1, -0.05) is 13.8 Å². The van der Waals surface area contributed by atoms with Crippen LogP contribution in [-0.4, -0.2) is 111 Å². The summed E-state index contributed by atoms with van der Waals surface area (Å²) >= 11 is 0. The third-order valence-corrected chi connectivity index (χ3v) is 5.85. The number of hydrogen-bond donors (Lipinski definition) is 7. The van der Waals surface area contributed by atoms with Crippen molar-refractivity contribution in [3.05, 3.63) is 0 Å². The topological polar surface area (TPSA) is 195 Å². The second kappa shape index (κ2) is 14.2. The minimum atomic E-state index is -1.86. The number of ether oxygens (including phenoxy) is 3. The number of aliphatic hydroxyl groups excluding tert-OH is 5. The van der Waals surface area contributed by atoms with Crippen molar-refractivity contribution < 1.29 is 54.4 Å². The number of carboxylic acid groups (broad SMARTS) is 1. The van der Waals surface area contributed by atoms with E-state index in [1.807, 2.05) is 13.8 Å². The molecule has 0 spiro atoms. The predicted molar refractivity (Wildman–Crippen MR) is 118 cm³/mol. The number of amides is 1. The number of nitrogens with one attached hydrogen (secondary N) is 1. The standard InChI is InChI=1S/C22H41NO11/c1-10(2)6-14(12(4)25)17(23-13(5)26)16(33-11(3)7-24)9-32-8-15-18(27)19(28)22(31)34-20(15)21(29)30/h10-12,14-20,22,24-25,27-28,31H,6-9H2,1-5H3,(H,23,26)(H,29,30). The maximum atomic E-state index is 12.0. The Morgan fingerprint density at radius 1 is 1.09 bits per heavy atom. The largest absolute Gasteiger partial charge is 0.479 e. The van der Waals surface area contributed by atoms with Crippen LogP contribution in [0.3, 0.4) is 0 Å². The third kappa shape index (κ3) is 9.00. The first kappa shape index (κ1) is 30.7. The molecule has 10 unspecified atom stereocenters. The Kier molecular flexibility index (Phi) is 12.8. The molecule has 0 aromatic carbocycles. The molecule has 0 aliphatic carbocycles. The van der Waals surface area contributed by atoms with E-state index in [2.05, 4.69) is 5.32 Å². The maximum Gasteiger partial charge on any atom is 0.333 e. The van der Waals surface area contributed by atoms with E-state index in [1.165, 1.54) is 6.92 Å². The van der Waals surface area contributed by atoms with Gasteiger partial charge in [0.15, 0.2) is 12.4 Å². The molecular formula is C22H41NO11. The van der Waals surface area contributed by atoms with Gasteiger partial charge in [-0.15, -0.1) is 0 Å². The van der Waals surface area contributed by atoms with Gasteiger partial charge in [-0.2, -0.15) is 0 Å². The van der Waals surface area contributed by atoms with Gasteiger partial charge in [-0.3, -0.25) is 4.79 Å². The minimum absolute atomic E-state index is 0.187. The highest BCUT2D eigenvalue weighted by atomic mass is 16.6. The molecule has 200 valence electrons. The van der Waals surface area contributed by atoms with Crippen molar-refractivity contribution in [3.63, 3.8) is 0 Å². The van der Waals surface area contributed by atoms with Gasteiger partial charge < -0.3 is 50.2 Å². The molecule has 12 nitrogen and oxygen atoms in total. The van der Waals surface area contributed by atoms with Gasteiger partial charge in [-0.05, 0) is 26.2 Å². The molecule has 12 heteroatoms. The van der Waals surface area contributed by atoms with E-state index in [4.69, 9.17) is 14.2 Å². The first-order valence-electron chi connectivity index (χ1n) is 11.5. The summed E-state index contributed by atoms with van der Waals surface area (Å²) in [6, 6.07) is -0.705. The van der Waals surface area contributed by atoms with Crippen LogP contribution in [-0.2, 0) is 23.8 Å². The molecule has 1 fully saturated rings.